The van der Waals surface area contributed by atoms with Crippen molar-refractivity contribution in [3.05, 3.63) is 28.2 Å². The van der Waals surface area contributed by atoms with E-state index in [0.29, 0.717) is 0 Å². The number of piperazine rings is 1. The van der Waals surface area contributed by atoms with Gasteiger partial charge < -0.3 is 9.64 Å². The van der Waals surface area contributed by atoms with Crippen LogP contribution in [0.3, 0.4) is 0 Å². The average Bonchev–Trinajstić information content (AvgIpc) is 2.51. The maximum Gasteiger partial charge on any atom is 0.416 e. The molecule has 1 aliphatic rings. The molecule has 0 radical (unpaired) electrons. The van der Waals surface area contributed by atoms with Gasteiger partial charge in [0.1, 0.15) is 5.60 Å². The van der Waals surface area contributed by atoms with Crippen molar-refractivity contribution in [3.63, 3.8) is 0 Å². The Morgan fingerprint density at radius 2 is 1.82 bits per heavy atom. The number of sulfonamides is 1. The van der Waals surface area contributed by atoms with Crippen molar-refractivity contribution in [2.24, 2.45) is 0 Å². The van der Waals surface area contributed by atoms with Crippen LogP contribution in [0.1, 0.15) is 33.3 Å². The normalized spacial score (nSPS) is 19.6. The van der Waals surface area contributed by atoms with Crippen LogP contribution in [-0.2, 0) is 20.9 Å². The molecule has 0 unspecified atom stereocenters. The number of alkyl halides is 3. The zero-order valence-electron chi connectivity index (χ0n) is 15.9. The molecule has 0 saturated carbocycles. The molecule has 0 bridgehead atoms. The minimum absolute atomic E-state index is 0.00897. The van der Waals surface area contributed by atoms with Crippen LogP contribution in [0.25, 0.3) is 0 Å². The Labute approximate surface area is 170 Å². The molecule has 1 aromatic carbocycles. The van der Waals surface area contributed by atoms with E-state index in [2.05, 4.69) is 15.9 Å². The molecule has 6 nitrogen and oxygen atoms in total. The van der Waals surface area contributed by atoms with Gasteiger partial charge in [0.15, 0.2) is 0 Å². The van der Waals surface area contributed by atoms with Crippen LogP contribution >= 0.6 is 15.9 Å². The predicted molar refractivity (Wildman–Crippen MR) is 100 cm³/mol. The summed E-state index contributed by atoms with van der Waals surface area (Å²) < 4.78 is 70.5. The van der Waals surface area contributed by atoms with Crippen molar-refractivity contribution < 1.29 is 31.1 Å². The molecule has 0 spiro atoms. The Hall–Kier alpha value is -1.33. The summed E-state index contributed by atoms with van der Waals surface area (Å²) in [7, 11) is -4.03. The number of nitrogens with zero attached hydrogens (tertiary/aromatic N) is 2. The van der Waals surface area contributed by atoms with Gasteiger partial charge in [-0.1, -0.05) is 0 Å². The van der Waals surface area contributed by atoms with Crippen molar-refractivity contribution in [1.29, 1.82) is 0 Å². The Morgan fingerprint density at radius 1 is 1.21 bits per heavy atom. The van der Waals surface area contributed by atoms with E-state index in [-0.39, 0.29) is 29.0 Å². The molecule has 0 aromatic heterocycles. The largest absolute Gasteiger partial charge is 0.444 e. The van der Waals surface area contributed by atoms with E-state index in [9.17, 15) is 26.4 Å². The molecular formula is C17H22BrF3N2O4S. The summed E-state index contributed by atoms with van der Waals surface area (Å²) in [6.07, 6.45) is -5.11. The first-order valence-corrected chi connectivity index (χ1v) is 10.7. The molecule has 11 heteroatoms. The molecule has 1 aliphatic heterocycles. The van der Waals surface area contributed by atoms with Crippen LogP contribution in [0.2, 0.25) is 0 Å². The second kappa shape index (κ2) is 7.83. The van der Waals surface area contributed by atoms with E-state index in [1.807, 2.05) is 0 Å². The van der Waals surface area contributed by atoms with Crippen LogP contribution in [0.5, 0.6) is 0 Å². The highest BCUT2D eigenvalue weighted by Crippen LogP contribution is 2.34. The zero-order valence-corrected chi connectivity index (χ0v) is 18.3. The Bertz CT molecular complexity index is 853. The number of carbonyl (C=O) groups is 1. The summed E-state index contributed by atoms with van der Waals surface area (Å²) in [5.41, 5.74) is -1.62. The molecular weight excluding hydrogens is 465 g/mol. The van der Waals surface area contributed by atoms with Crippen molar-refractivity contribution in [2.45, 2.75) is 50.4 Å². The van der Waals surface area contributed by atoms with Crippen molar-refractivity contribution >= 4 is 32.0 Å². The van der Waals surface area contributed by atoms with Crippen LogP contribution in [0.15, 0.2) is 27.6 Å². The van der Waals surface area contributed by atoms with Gasteiger partial charge in [-0.05, 0) is 61.8 Å². The molecule has 1 aromatic rings. The topological polar surface area (TPSA) is 66.9 Å². The number of hydrogen-bond acceptors (Lipinski definition) is 4. The molecule has 0 N–H and O–H groups in total. The van der Waals surface area contributed by atoms with Crippen LogP contribution in [0.4, 0.5) is 18.0 Å². The van der Waals surface area contributed by atoms with Gasteiger partial charge >= 0.3 is 12.3 Å². The van der Waals surface area contributed by atoms with Gasteiger partial charge in [0.2, 0.25) is 10.0 Å². The molecule has 1 fully saturated rings. The monoisotopic (exact) mass is 486 g/mol. The average molecular weight is 487 g/mol. The highest BCUT2D eigenvalue weighted by atomic mass is 79.9. The highest BCUT2D eigenvalue weighted by Gasteiger charge is 2.38. The molecule has 2 rings (SSSR count). The molecule has 1 amide bonds. The summed E-state index contributed by atoms with van der Waals surface area (Å²) in [6, 6.07) is 1.96. The van der Waals surface area contributed by atoms with Crippen molar-refractivity contribution in [1.82, 2.24) is 9.21 Å². The number of benzene rings is 1. The second-order valence-corrected chi connectivity index (χ2v) is 10.3. The minimum atomic E-state index is -4.57. The molecule has 1 heterocycles. The number of ether oxygens (including phenoxy) is 1. The molecule has 1 atom stereocenters. The maximum atomic E-state index is 12.9. The fourth-order valence-corrected chi connectivity index (χ4v) is 5.31. The third-order valence-corrected chi connectivity index (χ3v) is 6.94. The number of halogens is 4. The number of amides is 1. The second-order valence-electron chi connectivity index (χ2n) is 7.53. The fraction of sp³-hybridized carbons (Fsp3) is 0.588. The summed E-state index contributed by atoms with van der Waals surface area (Å²) >= 11 is 2.93. The van der Waals surface area contributed by atoms with Crippen LogP contribution in [0, 0.1) is 0 Å². The number of rotatable bonds is 2. The van der Waals surface area contributed by atoms with E-state index in [0.717, 1.165) is 22.5 Å². The van der Waals surface area contributed by atoms with E-state index >= 15 is 0 Å². The molecule has 1 saturated heterocycles. The van der Waals surface area contributed by atoms with Gasteiger partial charge in [-0.2, -0.15) is 17.5 Å². The van der Waals surface area contributed by atoms with Gasteiger partial charge in [0.25, 0.3) is 0 Å². The fourth-order valence-electron chi connectivity index (χ4n) is 2.76. The Morgan fingerprint density at radius 3 is 2.29 bits per heavy atom. The highest BCUT2D eigenvalue weighted by molar-refractivity contribution is 9.10. The minimum Gasteiger partial charge on any atom is -0.444 e. The van der Waals surface area contributed by atoms with E-state index in [1.165, 1.54) is 4.90 Å². The number of carbonyl (C=O) groups excluding carboxylic acids is 1. The first kappa shape index (κ1) is 23.0. The molecule has 28 heavy (non-hydrogen) atoms. The van der Waals surface area contributed by atoms with E-state index in [1.54, 1.807) is 27.7 Å². The third kappa shape index (κ3) is 5.18. The lowest BCUT2D eigenvalue weighted by Gasteiger charge is -2.39. The molecule has 0 aliphatic carbocycles. The predicted octanol–water partition coefficient (Wildman–Crippen LogP) is 4.10. The van der Waals surface area contributed by atoms with Gasteiger partial charge in [-0.3, -0.25) is 0 Å². The first-order chi connectivity index (χ1) is 12.6. The van der Waals surface area contributed by atoms with Crippen molar-refractivity contribution in [3.8, 4) is 0 Å². The van der Waals surface area contributed by atoms with E-state index in [4.69, 9.17) is 4.74 Å². The molecule has 158 valence electrons. The lowest BCUT2D eigenvalue weighted by molar-refractivity contribution is -0.137. The van der Waals surface area contributed by atoms with Crippen LogP contribution < -0.4 is 0 Å². The summed E-state index contributed by atoms with van der Waals surface area (Å²) in [6.45, 7) is 7.03. The Balaban J connectivity index is 2.20. The number of hydrogen-bond donors (Lipinski definition) is 0. The lowest BCUT2D eigenvalue weighted by Crippen LogP contribution is -2.56. The quantitative estimate of drug-likeness (QED) is 0.631. The lowest BCUT2D eigenvalue weighted by atomic mass is 10.2. The Kier molecular flexibility index (Phi) is 6.42. The smallest absolute Gasteiger partial charge is 0.416 e. The third-order valence-electron chi connectivity index (χ3n) is 4.10. The van der Waals surface area contributed by atoms with E-state index < -0.39 is 39.5 Å². The zero-order chi connectivity index (χ0) is 21.5. The summed E-state index contributed by atoms with van der Waals surface area (Å²) in [5, 5.41) is 0. The first-order valence-electron chi connectivity index (χ1n) is 8.49. The summed E-state index contributed by atoms with van der Waals surface area (Å²) in [4.78, 5) is 13.4. The van der Waals surface area contributed by atoms with Crippen LogP contribution in [-0.4, -0.2) is 55.0 Å². The van der Waals surface area contributed by atoms with Gasteiger partial charge in [0, 0.05) is 30.1 Å². The SMILES string of the molecule is C[C@H]1CN(S(=O)(=O)c2ccc(C(F)(F)F)cc2Br)CCN1C(=O)OC(C)(C)C. The summed E-state index contributed by atoms with van der Waals surface area (Å²) in [5.74, 6) is 0. The van der Waals surface area contributed by atoms with Gasteiger partial charge in [0.05, 0.1) is 10.5 Å². The standard InChI is InChI=1S/C17H22BrF3N2O4S/c1-11-10-22(7-8-23(11)15(24)27-16(2,3)4)28(25,26)14-6-5-12(9-13(14)18)17(19,20)21/h5-6,9,11H,7-8,10H2,1-4H3/t11-/m0/s1. The van der Waals surface area contributed by atoms with Gasteiger partial charge in [-0.25, -0.2) is 13.2 Å². The maximum absolute atomic E-state index is 12.9. The van der Waals surface area contributed by atoms with Gasteiger partial charge in [-0.15, -0.1) is 0 Å². The van der Waals surface area contributed by atoms with Crippen molar-refractivity contribution in [2.75, 3.05) is 19.6 Å².